The Hall–Kier alpha value is -4.03. The van der Waals surface area contributed by atoms with Crippen LogP contribution in [0, 0.1) is 0 Å². The fraction of sp³-hybridized carbons (Fsp3) is 0.111. The van der Waals surface area contributed by atoms with E-state index in [2.05, 4.69) is 33.9 Å². The Bertz CT molecular complexity index is 1330. The van der Waals surface area contributed by atoms with E-state index in [1.54, 1.807) is 6.20 Å². The summed E-state index contributed by atoms with van der Waals surface area (Å²) in [5.74, 6) is 1.14. The van der Waals surface area contributed by atoms with E-state index in [0.29, 0.717) is 28.7 Å². The molecule has 1 aliphatic rings. The number of anilines is 2. The fourth-order valence-electron chi connectivity index (χ4n) is 3.95. The average molecular weight is 471 g/mol. The van der Waals surface area contributed by atoms with Crippen molar-refractivity contribution in [1.29, 1.82) is 0 Å². The number of amides is 1. The summed E-state index contributed by atoms with van der Waals surface area (Å²) >= 11 is 6.10. The van der Waals surface area contributed by atoms with Crippen molar-refractivity contribution in [3.63, 3.8) is 0 Å². The summed E-state index contributed by atoms with van der Waals surface area (Å²) in [7, 11) is 0. The van der Waals surface area contributed by atoms with Crippen LogP contribution in [0.15, 0.2) is 91.1 Å². The van der Waals surface area contributed by atoms with E-state index in [1.165, 1.54) is 0 Å². The number of allylic oxidation sites excluding steroid dienone is 1. The highest BCUT2D eigenvalue weighted by atomic mass is 35.5. The first kappa shape index (κ1) is 21.8. The number of hydrogen-bond acceptors (Lipinski definition) is 4. The van der Waals surface area contributed by atoms with Crippen molar-refractivity contribution in [1.82, 2.24) is 9.78 Å². The number of benzene rings is 3. The molecular weight excluding hydrogens is 448 g/mol. The van der Waals surface area contributed by atoms with Crippen molar-refractivity contribution in [2.75, 3.05) is 17.2 Å². The van der Waals surface area contributed by atoms with Gasteiger partial charge in [-0.15, -0.1) is 0 Å². The predicted molar refractivity (Wildman–Crippen MR) is 135 cm³/mol. The van der Waals surface area contributed by atoms with Gasteiger partial charge < -0.3 is 15.4 Å². The number of nitrogens with one attached hydrogen (secondary N) is 2. The highest BCUT2D eigenvalue weighted by Crippen LogP contribution is 2.35. The molecule has 0 aliphatic carbocycles. The molecule has 1 aliphatic heterocycles. The molecule has 34 heavy (non-hydrogen) atoms. The van der Waals surface area contributed by atoms with Gasteiger partial charge in [0.2, 0.25) is 0 Å². The Morgan fingerprint density at radius 3 is 2.50 bits per heavy atom. The number of fused-ring (bicyclic) bond motifs is 1. The predicted octanol–water partition coefficient (Wildman–Crippen LogP) is 6.24. The SMILES string of the molecule is CCOc1ccc(NC(=O)c2cnn3c2NC(c2ccc(Cl)cc2)=CC3c2ccccc2)cc1. The standard InChI is InChI=1S/C27H23ClN4O2/c1-2-34-22-14-12-21(13-15-22)30-27(33)23-17-29-32-25(19-6-4-3-5-7-19)16-24(31-26(23)32)18-8-10-20(28)11-9-18/h3-17,25,31H,2H2,1H3,(H,30,33). The van der Waals surface area contributed by atoms with E-state index >= 15 is 0 Å². The first-order chi connectivity index (χ1) is 16.6. The van der Waals surface area contributed by atoms with Crippen molar-refractivity contribution in [3.05, 3.63) is 113 Å². The molecule has 5 rings (SSSR count). The Morgan fingerprint density at radius 1 is 1.06 bits per heavy atom. The van der Waals surface area contributed by atoms with Crippen molar-refractivity contribution >= 4 is 34.7 Å². The van der Waals surface area contributed by atoms with Gasteiger partial charge in [0, 0.05) is 16.4 Å². The van der Waals surface area contributed by atoms with Gasteiger partial charge in [-0.05, 0) is 60.5 Å². The molecule has 1 amide bonds. The molecule has 0 saturated carbocycles. The van der Waals surface area contributed by atoms with E-state index in [0.717, 1.165) is 22.6 Å². The largest absolute Gasteiger partial charge is 0.494 e. The molecule has 1 atom stereocenters. The van der Waals surface area contributed by atoms with Gasteiger partial charge in [0.1, 0.15) is 17.1 Å². The van der Waals surface area contributed by atoms with Crippen LogP contribution >= 0.6 is 11.6 Å². The lowest BCUT2D eigenvalue weighted by Gasteiger charge is -2.26. The van der Waals surface area contributed by atoms with Crippen molar-refractivity contribution in [3.8, 4) is 5.75 Å². The lowest BCUT2D eigenvalue weighted by Crippen LogP contribution is -2.22. The van der Waals surface area contributed by atoms with Crippen LogP contribution in [0.3, 0.4) is 0 Å². The summed E-state index contributed by atoms with van der Waals surface area (Å²) in [4.78, 5) is 13.2. The number of aromatic nitrogens is 2. The lowest BCUT2D eigenvalue weighted by molar-refractivity contribution is 0.102. The highest BCUT2D eigenvalue weighted by Gasteiger charge is 2.27. The van der Waals surface area contributed by atoms with Crippen molar-refractivity contribution in [2.24, 2.45) is 0 Å². The molecule has 0 fully saturated rings. The monoisotopic (exact) mass is 470 g/mol. The quantitative estimate of drug-likeness (QED) is 0.350. The number of halogens is 1. The number of carbonyl (C=O) groups excluding carboxylic acids is 1. The van der Waals surface area contributed by atoms with Crippen LogP contribution in [0.1, 0.15) is 34.5 Å². The molecule has 2 N–H and O–H groups in total. The molecule has 0 radical (unpaired) electrons. The average Bonchev–Trinajstić information content (AvgIpc) is 3.30. The topological polar surface area (TPSA) is 68.2 Å². The normalized spacial score (nSPS) is 14.5. The molecular formula is C27H23ClN4O2. The lowest BCUT2D eigenvalue weighted by atomic mass is 10.0. The van der Waals surface area contributed by atoms with Gasteiger partial charge in [-0.1, -0.05) is 54.1 Å². The van der Waals surface area contributed by atoms with E-state index in [4.69, 9.17) is 16.3 Å². The van der Waals surface area contributed by atoms with Gasteiger partial charge in [-0.25, -0.2) is 4.68 Å². The fourth-order valence-corrected chi connectivity index (χ4v) is 4.07. The minimum absolute atomic E-state index is 0.171. The van der Waals surface area contributed by atoms with Crippen molar-refractivity contribution in [2.45, 2.75) is 13.0 Å². The van der Waals surface area contributed by atoms with Gasteiger partial charge in [-0.3, -0.25) is 4.79 Å². The van der Waals surface area contributed by atoms with Crippen LogP contribution in [0.2, 0.25) is 5.02 Å². The second-order valence-electron chi connectivity index (χ2n) is 7.83. The second kappa shape index (κ2) is 9.45. The molecule has 1 aromatic heterocycles. The minimum atomic E-state index is -0.248. The molecule has 3 aromatic carbocycles. The number of carbonyl (C=O) groups is 1. The summed E-state index contributed by atoms with van der Waals surface area (Å²) < 4.78 is 7.31. The van der Waals surface area contributed by atoms with Crippen LogP contribution in [0.25, 0.3) is 5.70 Å². The van der Waals surface area contributed by atoms with Gasteiger partial charge in [0.05, 0.1) is 18.8 Å². The zero-order valence-electron chi connectivity index (χ0n) is 18.5. The van der Waals surface area contributed by atoms with E-state index in [1.807, 2.05) is 78.3 Å². The van der Waals surface area contributed by atoms with Gasteiger partial charge in [0.25, 0.3) is 5.91 Å². The maximum Gasteiger partial charge on any atom is 0.261 e. The van der Waals surface area contributed by atoms with Crippen LogP contribution in [0.5, 0.6) is 5.75 Å². The number of ether oxygens (including phenoxy) is 1. The number of hydrogen-bond donors (Lipinski definition) is 2. The van der Waals surface area contributed by atoms with Gasteiger partial charge in [0.15, 0.2) is 0 Å². The third-order valence-electron chi connectivity index (χ3n) is 5.60. The van der Waals surface area contributed by atoms with E-state index in [9.17, 15) is 4.79 Å². The third kappa shape index (κ3) is 4.40. The summed E-state index contributed by atoms with van der Waals surface area (Å²) in [6, 6.07) is 24.8. The van der Waals surface area contributed by atoms with Crippen LogP contribution in [-0.4, -0.2) is 22.3 Å². The maximum atomic E-state index is 13.2. The Balaban J connectivity index is 1.49. The molecule has 4 aromatic rings. The highest BCUT2D eigenvalue weighted by molar-refractivity contribution is 6.30. The van der Waals surface area contributed by atoms with Gasteiger partial charge in [-0.2, -0.15) is 5.10 Å². The molecule has 2 heterocycles. The smallest absolute Gasteiger partial charge is 0.261 e. The maximum absolute atomic E-state index is 13.2. The third-order valence-corrected chi connectivity index (χ3v) is 5.85. The Morgan fingerprint density at radius 2 is 1.79 bits per heavy atom. The Kier molecular flexibility index (Phi) is 6.06. The second-order valence-corrected chi connectivity index (χ2v) is 8.27. The molecule has 170 valence electrons. The van der Waals surface area contributed by atoms with Crippen molar-refractivity contribution < 1.29 is 9.53 Å². The molecule has 0 saturated heterocycles. The van der Waals surface area contributed by atoms with Crippen LogP contribution in [0.4, 0.5) is 11.5 Å². The number of nitrogens with zero attached hydrogens (tertiary/aromatic N) is 2. The van der Waals surface area contributed by atoms with E-state index < -0.39 is 0 Å². The molecule has 7 heteroatoms. The number of rotatable bonds is 6. The first-order valence-electron chi connectivity index (χ1n) is 11.0. The molecule has 6 nitrogen and oxygen atoms in total. The Labute approximate surface area is 202 Å². The summed E-state index contributed by atoms with van der Waals surface area (Å²) in [5, 5.41) is 11.6. The molecule has 1 unspecified atom stereocenters. The van der Waals surface area contributed by atoms with E-state index in [-0.39, 0.29) is 11.9 Å². The molecule has 0 spiro atoms. The first-order valence-corrected chi connectivity index (χ1v) is 11.4. The zero-order chi connectivity index (χ0) is 23.5. The minimum Gasteiger partial charge on any atom is -0.494 e. The summed E-state index contributed by atoms with van der Waals surface area (Å²) in [6.07, 6.45) is 3.70. The zero-order valence-corrected chi connectivity index (χ0v) is 19.3. The van der Waals surface area contributed by atoms with Gasteiger partial charge >= 0.3 is 0 Å². The van der Waals surface area contributed by atoms with Crippen LogP contribution < -0.4 is 15.4 Å². The summed E-state index contributed by atoms with van der Waals surface area (Å²) in [5.41, 5.74) is 4.05. The molecule has 0 bridgehead atoms. The van der Waals surface area contributed by atoms with Crippen LogP contribution in [-0.2, 0) is 0 Å². The summed E-state index contributed by atoms with van der Waals surface area (Å²) in [6.45, 7) is 2.52.